The Kier molecular flexibility index (Phi) is 9.01. The van der Waals surface area contributed by atoms with E-state index in [0.29, 0.717) is 25.7 Å². The molecular weight excluding hydrogens is 528 g/mol. The molecule has 0 aromatic rings. The van der Waals surface area contributed by atoms with E-state index in [9.17, 15) is 35.7 Å². The van der Waals surface area contributed by atoms with Crippen LogP contribution >= 0.6 is 0 Å². The Hall–Kier alpha value is -0.360. The summed E-state index contributed by atoms with van der Waals surface area (Å²) in [7, 11) is 0. The number of aliphatic hydroxyl groups excluding tert-OH is 6. The van der Waals surface area contributed by atoms with E-state index < -0.39 is 55.1 Å². The van der Waals surface area contributed by atoms with Crippen LogP contribution in [0.2, 0.25) is 0 Å². The monoisotopic (exact) mass is 584 g/mol. The molecule has 5 rings (SSSR count). The first-order valence-electron chi connectivity index (χ1n) is 16.2. The maximum atomic E-state index is 12.5. The van der Waals surface area contributed by atoms with Crippen molar-refractivity contribution in [1.82, 2.24) is 0 Å². The van der Waals surface area contributed by atoms with Gasteiger partial charge in [-0.1, -0.05) is 34.6 Å². The van der Waals surface area contributed by atoms with Gasteiger partial charge in [0, 0.05) is 12.3 Å². The SMILES string of the molecule is CC(C)C(CC[C@@H](C)[C@H]1C[C@H](O)[C@@H]2C3(O)C[C@@H](O)[C@@H]4C[C@@H](O)CC[C@]4(C)[C@@H]3CC[C@]12C)O[C@@H]1O[C@@H](CO)[C@H](O)[C@H]1O. The summed E-state index contributed by atoms with van der Waals surface area (Å²) in [5, 5.41) is 75.7. The second-order valence-electron chi connectivity index (χ2n) is 15.5. The van der Waals surface area contributed by atoms with Crippen LogP contribution in [-0.4, -0.2) is 97.0 Å². The summed E-state index contributed by atoms with van der Waals surface area (Å²) < 4.78 is 11.7. The van der Waals surface area contributed by atoms with Crippen molar-refractivity contribution in [3.8, 4) is 0 Å². The summed E-state index contributed by atoms with van der Waals surface area (Å²) in [6.07, 6.45) is 0.0535. The fraction of sp³-hybridized carbons (Fsp3) is 1.00. The second kappa shape index (κ2) is 11.5. The van der Waals surface area contributed by atoms with E-state index in [1.807, 2.05) is 0 Å². The Morgan fingerprint density at radius 2 is 1.56 bits per heavy atom. The summed E-state index contributed by atoms with van der Waals surface area (Å²) in [4.78, 5) is 0. The van der Waals surface area contributed by atoms with Gasteiger partial charge in [-0.2, -0.15) is 0 Å². The number of rotatable bonds is 8. The molecule has 5 aliphatic rings. The van der Waals surface area contributed by atoms with E-state index in [2.05, 4.69) is 34.6 Å². The first kappa shape index (κ1) is 32.0. The van der Waals surface area contributed by atoms with Gasteiger partial charge in [-0.3, -0.25) is 0 Å². The van der Waals surface area contributed by atoms with Gasteiger partial charge in [0.2, 0.25) is 0 Å². The molecule has 0 aromatic carbocycles. The van der Waals surface area contributed by atoms with Crippen molar-refractivity contribution in [2.75, 3.05) is 6.61 Å². The number of ether oxygens (including phenoxy) is 2. The number of aliphatic hydroxyl groups is 7. The Bertz CT molecular complexity index is 918. The minimum absolute atomic E-state index is 0.00709. The zero-order valence-corrected chi connectivity index (χ0v) is 25.6. The molecule has 0 radical (unpaired) electrons. The molecule has 16 atom stereocenters. The van der Waals surface area contributed by atoms with Gasteiger partial charge in [-0.25, -0.2) is 0 Å². The van der Waals surface area contributed by atoms with Gasteiger partial charge in [0.1, 0.15) is 18.3 Å². The fourth-order valence-electron chi connectivity index (χ4n) is 10.7. The summed E-state index contributed by atoms with van der Waals surface area (Å²) in [6, 6.07) is 0. The standard InChI is InChI=1S/C32H56O9/c1-16(2)23(40-29-27(38)26(37)24(15-33)41-29)7-6-17(3)19-13-21(35)28-31(19,5)11-9-25-30(4)10-8-18(34)12-20(30)22(36)14-32(25,28)39/h16-29,33-39H,6-15H2,1-5H3/t17-,18+,19-,20+,21+,22-,23?,24+,25+,26+,27-,28+,29-,30+,31-,32?/m1/s1. The fourth-order valence-corrected chi connectivity index (χ4v) is 10.7. The summed E-state index contributed by atoms with van der Waals surface area (Å²) in [5.74, 6) is 0.243. The topological polar surface area (TPSA) is 160 Å². The first-order valence-corrected chi connectivity index (χ1v) is 16.2. The molecule has 9 heteroatoms. The number of hydrogen-bond donors (Lipinski definition) is 7. The van der Waals surface area contributed by atoms with Crippen LogP contribution in [0.1, 0.15) is 92.4 Å². The molecule has 2 unspecified atom stereocenters. The van der Waals surface area contributed by atoms with Gasteiger partial charge >= 0.3 is 0 Å². The van der Waals surface area contributed by atoms with Gasteiger partial charge < -0.3 is 45.2 Å². The summed E-state index contributed by atoms with van der Waals surface area (Å²) in [5.41, 5.74) is -1.66. The van der Waals surface area contributed by atoms with Crippen molar-refractivity contribution in [3.63, 3.8) is 0 Å². The minimum Gasteiger partial charge on any atom is -0.394 e. The van der Waals surface area contributed by atoms with Crippen molar-refractivity contribution in [3.05, 3.63) is 0 Å². The van der Waals surface area contributed by atoms with E-state index in [1.165, 1.54) is 0 Å². The van der Waals surface area contributed by atoms with Crippen LogP contribution < -0.4 is 0 Å². The molecule has 7 N–H and O–H groups in total. The predicted molar refractivity (Wildman–Crippen MR) is 151 cm³/mol. The largest absolute Gasteiger partial charge is 0.394 e. The quantitative estimate of drug-likeness (QED) is 0.226. The molecule has 1 saturated heterocycles. The molecule has 4 aliphatic carbocycles. The predicted octanol–water partition coefficient (Wildman–Crippen LogP) is 1.96. The van der Waals surface area contributed by atoms with Crippen molar-refractivity contribution < 1.29 is 45.2 Å². The molecule has 0 amide bonds. The van der Waals surface area contributed by atoms with Crippen molar-refractivity contribution in [2.45, 2.75) is 147 Å². The lowest BCUT2D eigenvalue weighted by molar-refractivity contribution is -0.263. The van der Waals surface area contributed by atoms with Gasteiger partial charge in [-0.15, -0.1) is 0 Å². The van der Waals surface area contributed by atoms with Crippen LogP contribution in [0.15, 0.2) is 0 Å². The molecule has 0 bridgehead atoms. The first-order chi connectivity index (χ1) is 19.2. The van der Waals surface area contributed by atoms with E-state index in [1.54, 1.807) is 0 Å². The molecule has 4 saturated carbocycles. The maximum absolute atomic E-state index is 12.5. The summed E-state index contributed by atoms with van der Waals surface area (Å²) >= 11 is 0. The Labute approximate surface area is 245 Å². The third kappa shape index (κ3) is 5.23. The lowest BCUT2D eigenvalue weighted by atomic mass is 9.42. The third-order valence-corrected chi connectivity index (χ3v) is 12.9. The lowest BCUT2D eigenvalue weighted by Crippen LogP contribution is -2.68. The highest BCUT2D eigenvalue weighted by Gasteiger charge is 2.70. The molecule has 1 aliphatic heterocycles. The van der Waals surface area contributed by atoms with E-state index in [0.717, 1.165) is 25.7 Å². The average Bonchev–Trinajstić information content (AvgIpc) is 3.34. The molecule has 1 heterocycles. The molecule has 238 valence electrons. The smallest absolute Gasteiger partial charge is 0.186 e. The molecule has 41 heavy (non-hydrogen) atoms. The van der Waals surface area contributed by atoms with Crippen LogP contribution in [-0.2, 0) is 9.47 Å². The maximum Gasteiger partial charge on any atom is 0.186 e. The van der Waals surface area contributed by atoms with Crippen molar-refractivity contribution in [1.29, 1.82) is 0 Å². The normalized spacial score (nSPS) is 53.0. The van der Waals surface area contributed by atoms with Crippen LogP contribution in [0.25, 0.3) is 0 Å². The molecule has 0 spiro atoms. The zero-order valence-electron chi connectivity index (χ0n) is 25.6. The van der Waals surface area contributed by atoms with E-state index in [-0.39, 0.29) is 58.9 Å². The van der Waals surface area contributed by atoms with E-state index >= 15 is 0 Å². The second-order valence-corrected chi connectivity index (χ2v) is 15.5. The molecule has 5 fully saturated rings. The average molecular weight is 585 g/mol. The van der Waals surface area contributed by atoms with Gasteiger partial charge in [-0.05, 0) is 91.8 Å². The zero-order chi connectivity index (χ0) is 30.1. The van der Waals surface area contributed by atoms with Crippen LogP contribution in [0.5, 0.6) is 0 Å². The molecular formula is C32H56O9. The minimum atomic E-state index is -1.22. The van der Waals surface area contributed by atoms with Gasteiger partial charge in [0.05, 0.1) is 36.6 Å². The van der Waals surface area contributed by atoms with Crippen LogP contribution in [0.3, 0.4) is 0 Å². The highest BCUT2D eigenvalue weighted by molar-refractivity contribution is 5.20. The van der Waals surface area contributed by atoms with Crippen molar-refractivity contribution in [2.24, 2.45) is 46.3 Å². The molecule has 9 nitrogen and oxygen atoms in total. The number of hydrogen-bond acceptors (Lipinski definition) is 9. The Morgan fingerprint density at radius 1 is 0.878 bits per heavy atom. The molecule has 0 aromatic heterocycles. The Balaban J connectivity index is 1.29. The van der Waals surface area contributed by atoms with Crippen molar-refractivity contribution >= 4 is 0 Å². The summed E-state index contributed by atoms with van der Waals surface area (Å²) in [6.45, 7) is 10.4. The van der Waals surface area contributed by atoms with Gasteiger partial charge in [0.15, 0.2) is 6.29 Å². The van der Waals surface area contributed by atoms with E-state index in [4.69, 9.17) is 9.47 Å². The van der Waals surface area contributed by atoms with Crippen LogP contribution in [0.4, 0.5) is 0 Å². The van der Waals surface area contributed by atoms with Crippen LogP contribution in [0, 0.1) is 46.3 Å². The third-order valence-electron chi connectivity index (χ3n) is 12.9. The number of fused-ring (bicyclic) bond motifs is 5. The highest BCUT2D eigenvalue weighted by atomic mass is 16.7. The Morgan fingerprint density at radius 3 is 2.20 bits per heavy atom. The lowest BCUT2D eigenvalue weighted by Gasteiger charge is -2.66. The highest BCUT2D eigenvalue weighted by Crippen LogP contribution is 2.69. The van der Waals surface area contributed by atoms with Gasteiger partial charge in [0.25, 0.3) is 0 Å².